The Balaban J connectivity index is 2.27. The summed E-state index contributed by atoms with van der Waals surface area (Å²) in [7, 11) is 0. The van der Waals surface area contributed by atoms with Crippen LogP contribution < -0.4 is 0 Å². The molecule has 21 heavy (non-hydrogen) atoms. The van der Waals surface area contributed by atoms with E-state index in [1.165, 1.54) is 4.90 Å². The molecule has 1 saturated heterocycles. The average molecular weight is 363 g/mol. The molecule has 1 amide bonds. The van der Waals surface area contributed by atoms with Gasteiger partial charge in [0.2, 0.25) is 0 Å². The number of carbonyl (C=O) groups excluding carboxylic acids is 1. The molecule has 1 aliphatic rings. The monoisotopic (exact) mass is 362 g/mol. The Bertz CT molecular complexity index is 583. The Labute approximate surface area is 128 Å². The van der Waals surface area contributed by atoms with Crippen LogP contribution in [-0.4, -0.2) is 34.2 Å². The standard InChI is InChI=1S/C13H13BrF2N2O3/c14-3-1-8-2-4-17(7-8)13(19)9-5-10(15)11(16)6-12(9)18(20)21/h5-6,8H,1-4,7H2. The van der Waals surface area contributed by atoms with Gasteiger partial charge in [0.15, 0.2) is 11.6 Å². The van der Waals surface area contributed by atoms with Crippen LogP contribution in [0.25, 0.3) is 0 Å². The minimum absolute atomic E-state index is 0.317. The van der Waals surface area contributed by atoms with Crippen molar-refractivity contribution in [1.82, 2.24) is 4.90 Å². The molecule has 1 aromatic rings. The number of hydrogen-bond acceptors (Lipinski definition) is 3. The molecule has 1 unspecified atom stereocenters. The highest BCUT2D eigenvalue weighted by Crippen LogP contribution is 2.27. The third-order valence-electron chi connectivity index (χ3n) is 3.56. The van der Waals surface area contributed by atoms with Crippen LogP contribution in [-0.2, 0) is 0 Å². The predicted octanol–water partition coefficient (Wildman–Crippen LogP) is 3.12. The van der Waals surface area contributed by atoms with Gasteiger partial charge in [-0.2, -0.15) is 0 Å². The van der Waals surface area contributed by atoms with Gasteiger partial charge in [-0.3, -0.25) is 14.9 Å². The number of alkyl halides is 1. The first-order chi connectivity index (χ1) is 9.93. The number of amides is 1. The normalized spacial score (nSPS) is 18.0. The Kier molecular flexibility index (Phi) is 4.87. The molecule has 1 aliphatic heterocycles. The fourth-order valence-electron chi connectivity index (χ4n) is 2.44. The highest BCUT2D eigenvalue weighted by Gasteiger charge is 2.31. The number of nitro benzene ring substituents is 1. The van der Waals surface area contributed by atoms with Gasteiger partial charge in [-0.25, -0.2) is 8.78 Å². The van der Waals surface area contributed by atoms with E-state index in [1.807, 2.05) is 0 Å². The van der Waals surface area contributed by atoms with Gasteiger partial charge in [0.1, 0.15) is 5.56 Å². The zero-order valence-corrected chi connectivity index (χ0v) is 12.6. The predicted molar refractivity (Wildman–Crippen MR) is 75.4 cm³/mol. The lowest BCUT2D eigenvalue weighted by Gasteiger charge is -2.16. The van der Waals surface area contributed by atoms with Crippen molar-refractivity contribution < 1.29 is 18.5 Å². The summed E-state index contributed by atoms with van der Waals surface area (Å²) >= 11 is 3.33. The van der Waals surface area contributed by atoms with E-state index < -0.39 is 33.7 Å². The second kappa shape index (κ2) is 6.46. The van der Waals surface area contributed by atoms with Crippen molar-refractivity contribution in [2.24, 2.45) is 5.92 Å². The number of likely N-dealkylation sites (tertiary alicyclic amines) is 1. The Morgan fingerprint density at radius 2 is 2.10 bits per heavy atom. The van der Waals surface area contributed by atoms with E-state index in [0.717, 1.165) is 18.2 Å². The van der Waals surface area contributed by atoms with Crippen LogP contribution in [0.5, 0.6) is 0 Å². The fourth-order valence-corrected chi connectivity index (χ4v) is 3.08. The van der Waals surface area contributed by atoms with Gasteiger partial charge in [-0.05, 0) is 24.8 Å². The largest absolute Gasteiger partial charge is 0.338 e. The van der Waals surface area contributed by atoms with Crippen LogP contribution in [0.1, 0.15) is 23.2 Å². The zero-order valence-electron chi connectivity index (χ0n) is 11.0. The number of benzene rings is 1. The molecule has 0 radical (unpaired) electrons. The minimum Gasteiger partial charge on any atom is -0.338 e. The van der Waals surface area contributed by atoms with Gasteiger partial charge in [0, 0.05) is 18.4 Å². The molecular weight excluding hydrogens is 350 g/mol. The second-order valence-corrected chi connectivity index (χ2v) is 5.72. The van der Waals surface area contributed by atoms with Gasteiger partial charge in [0.25, 0.3) is 11.6 Å². The number of halogens is 3. The van der Waals surface area contributed by atoms with Gasteiger partial charge >= 0.3 is 0 Å². The summed E-state index contributed by atoms with van der Waals surface area (Å²) in [5.41, 5.74) is -1.11. The highest BCUT2D eigenvalue weighted by molar-refractivity contribution is 9.09. The molecule has 1 heterocycles. The molecule has 8 heteroatoms. The molecule has 5 nitrogen and oxygen atoms in total. The summed E-state index contributed by atoms with van der Waals surface area (Å²) < 4.78 is 26.4. The molecule has 0 aliphatic carbocycles. The maximum Gasteiger partial charge on any atom is 0.285 e. The molecule has 114 valence electrons. The first kappa shape index (κ1) is 15.8. The summed E-state index contributed by atoms with van der Waals surface area (Å²) in [6.45, 7) is 0.938. The number of rotatable bonds is 4. The molecule has 0 bridgehead atoms. The maximum absolute atomic E-state index is 13.3. The lowest BCUT2D eigenvalue weighted by molar-refractivity contribution is -0.385. The van der Waals surface area contributed by atoms with Crippen LogP contribution in [0.2, 0.25) is 0 Å². The van der Waals surface area contributed by atoms with Crippen LogP contribution in [0, 0.1) is 27.7 Å². The van der Waals surface area contributed by atoms with Crippen LogP contribution in [0.3, 0.4) is 0 Å². The lowest BCUT2D eigenvalue weighted by Crippen LogP contribution is -2.29. The van der Waals surface area contributed by atoms with Crippen molar-refractivity contribution >= 4 is 27.5 Å². The summed E-state index contributed by atoms with van der Waals surface area (Å²) in [5.74, 6) is -2.91. The average Bonchev–Trinajstić information content (AvgIpc) is 2.89. The first-order valence-corrected chi connectivity index (χ1v) is 7.55. The second-order valence-electron chi connectivity index (χ2n) is 4.92. The Morgan fingerprint density at radius 1 is 1.43 bits per heavy atom. The molecule has 0 aromatic heterocycles. The van der Waals surface area contributed by atoms with Crippen molar-refractivity contribution in [3.8, 4) is 0 Å². The topological polar surface area (TPSA) is 63.4 Å². The third-order valence-corrected chi connectivity index (χ3v) is 4.01. The van der Waals surface area contributed by atoms with Crippen LogP contribution in [0.15, 0.2) is 12.1 Å². The van der Waals surface area contributed by atoms with Gasteiger partial charge < -0.3 is 4.90 Å². The highest BCUT2D eigenvalue weighted by atomic mass is 79.9. The SMILES string of the molecule is O=C(c1cc(F)c(F)cc1[N+](=O)[O-])N1CCC(CCBr)C1. The number of carbonyl (C=O) groups is 1. The summed E-state index contributed by atoms with van der Waals surface area (Å²) in [6.07, 6.45) is 1.69. The molecule has 2 rings (SSSR count). The van der Waals surface area contributed by atoms with Crippen molar-refractivity contribution in [2.75, 3.05) is 18.4 Å². The molecule has 0 spiro atoms. The zero-order chi connectivity index (χ0) is 15.6. The van der Waals surface area contributed by atoms with E-state index in [-0.39, 0.29) is 0 Å². The van der Waals surface area contributed by atoms with Crippen molar-refractivity contribution in [3.05, 3.63) is 39.4 Å². The van der Waals surface area contributed by atoms with E-state index in [2.05, 4.69) is 15.9 Å². The van der Waals surface area contributed by atoms with E-state index in [0.29, 0.717) is 31.1 Å². The van der Waals surface area contributed by atoms with Gasteiger partial charge in [-0.1, -0.05) is 15.9 Å². The maximum atomic E-state index is 13.3. The molecule has 1 fully saturated rings. The van der Waals surface area contributed by atoms with Crippen LogP contribution in [0.4, 0.5) is 14.5 Å². The molecule has 1 aromatic carbocycles. The fraction of sp³-hybridized carbons (Fsp3) is 0.462. The molecule has 0 N–H and O–H groups in total. The summed E-state index contributed by atoms with van der Waals surface area (Å²) in [4.78, 5) is 23.8. The van der Waals surface area contributed by atoms with Crippen molar-refractivity contribution in [2.45, 2.75) is 12.8 Å². The number of nitrogens with zero attached hydrogens (tertiary/aromatic N) is 2. The van der Waals surface area contributed by atoms with Crippen molar-refractivity contribution in [3.63, 3.8) is 0 Å². The lowest BCUT2D eigenvalue weighted by atomic mass is 10.1. The quantitative estimate of drug-likeness (QED) is 0.469. The van der Waals surface area contributed by atoms with Gasteiger partial charge in [-0.15, -0.1) is 0 Å². The number of nitro groups is 1. The molecule has 0 saturated carbocycles. The summed E-state index contributed by atoms with van der Waals surface area (Å²) in [5, 5.41) is 11.7. The molecule has 1 atom stereocenters. The van der Waals surface area contributed by atoms with E-state index in [4.69, 9.17) is 0 Å². The van der Waals surface area contributed by atoms with Gasteiger partial charge in [0.05, 0.1) is 11.0 Å². The van der Waals surface area contributed by atoms with Crippen molar-refractivity contribution in [1.29, 1.82) is 0 Å². The Morgan fingerprint density at radius 3 is 2.71 bits per heavy atom. The smallest absolute Gasteiger partial charge is 0.285 e. The van der Waals surface area contributed by atoms with E-state index in [9.17, 15) is 23.7 Å². The first-order valence-electron chi connectivity index (χ1n) is 6.42. The van der Waals surface area contributed by atoms with E-state index >= 15 is 0 Å². The number of hydrogen-bond donors (Lipinski definition) is 0. The van der Waals surface area contributed by atoms with Crippen LogP contribution >= 0.6 is 15.9 Å². The summed E-state index contributed by atoms with van der Waals surface area (Å²) in [6, 6.07) is 1.06. The Hall–Kier alpha value is -1.57. The van der Waals surface area contributed by atoms with E-state index in [1.54, 1.807) is 0 Å². The molecular formula is C13H13BrF2N2O3. The third kappa shape index (κ3) is 3.37. The minimum atomic E-state index is -1.34.